The summed E-state index contributed by atoms with van der Waals surface area (Å²) in [7, 11) is 0. The molecular formula is C10H19NO3. The summed E-state index contributed by atoms with van der Waals surface area (Å²) < 4.78 is 0. The summed E-state index contributed by atoms with van der Waals surface area (Å²) in [4.78, 5) is 12.5. The summed E-state index contributed by atoms with van der Waals surface area (Å²) in [6, 6.07) is 0. The first-order valence-corrected chi connectivity index (χ1v) is 5.00. The van der Waals surface area contributed by atoms with Gasteiger partial charge in [0.15, 0.2) is 0 Å². The van der Waals surface area contributed by atoms with Crippen LogP contribution in [0.2, 0.25) is 0 Å². The first kappa shape index (κ1) is 11.5. The highest BCUT2D eigenvalue weighted by atomic mass is 16.4. The largest absolute Gasteiger partial charge is 0.481 e. The number of likely N-dealkylation sites (tertiary alicyclic amines) is 1. The van der Waals surface area contributed by atoms with Crippen LogP contribution in [0.5, 0.6) is 0 Å². The molecule has 1 aliphatic heterocycles. The van der Waals surface area contributed by atoms with Crippen LogP contribution < -0.4 is 0 Å². The predicted octanol–water partition coefficient (Wildman–Crippen LogP) is 0.411. The number of rotatable bonds is 4. The van der Waals surface area contributed by atoms with E-state index in [2.05, 4.69) is 18.7 Å². The van der Waals surface area contributed by atoms with E-state index in [9.17, 15) is 4.79 Å². The van der Waals surface area contributed by atoms with Gasteiger partial charge in [-0.25, -0.2) is 0 Å². The van der Waals surface area contributed by atoms with E-state index in [4.69, 9.17) is 10.2 Å². The molecule has 0 amide bonds. The van der Waals surface area contributed by atoms with Gasteiger partial charge in [0.1, 0.15) is 0 Å². The van der Waals surface area contributed by atoms with Gasteiger partial charge in [0, 0.05) is 32.2 Å². The number of carboxylic acids is 1. The Morgan fingerprint density at radius 1 is 1.57 bits per heavy atom. The lowest BCUT2D eigenvalue weighted by molar-refractivity contribution is -0.137. The summed E-state index contributed by atoms with van der Waals surface area (Å²) in [5.41, 5.74) is 0.104. The van der Waals surface area contributed by atoms with Crippen molar-refractivity contribution in [3.63, 3.8) is 0 Å². The molecule has 4 heteroatoms. The second-order valence-corrected chi connectivity index (χ2v) is 4.75. The molecule has 1 rings (SSSR count). The summed E-state index contributed by atoms with van der Waals surface area (Å²) in [6.45, 7) is 6.72. The lowest BCUT2D eigenvalue weighted by atomic mass is 9.83. The molecule has 0 radical (unpaired) electrons. The van der Waals surface area contributed by atoms with Gasteiger partial charge < -0.3 is 15.1 Å². The van der Waals surface area contributed by atoms with Crippen molar-refractivity contribution in [2.45, 2.75) is 20.3 Å². The van der Waals surface area contributed by atoms with Gasteiger partial charge in [-0.1, -0.05) is 13.8 Å². The van der Waals surface area contributed by atoms with E-state index in [0.29, 0.717) is 6.54 Å². The van der Waals surface area contributed by atoms with E-state index in [0.717, 1.165) is 13.1 Å². The van der Waals surface area contributed by atoms with E-state index < -0.39 is 5.97 Å². The minimum absolute atomic E-state index is 0.104. The maximum atomic E-state index is 10.4. The van der Waals surface area contributed by atoms with Crippen molar-refractivity contribution in [3.05, 3.63) is 0 Å². The van der Waals surface area contributed by atoms with Gasteiger partial charge in [0.25, 0.3) is 0 Å². The Labute approximate surface area is 84.5 Å². The molecule has 1 heterocycles. The number of carboxylic acid groups (broad SMARTS) is 1. The second kappa shape index (κ2) is 4.28. The Morgan fingerprint density at radius 2 is 2.21 bits per heavy atom. The first-order valence-electron chi connectivity index (χ1n) is 5.00. The van der Waals surface area contributed by atoms with Crippen molar-refractivity contribution in [2.75, 3.05) is 26.2 Å². The molecule has 0 aromatic rings. The van der Waals surface area contributed by atoms with E-state index in [1.165, 1.54) is 0 Å². The van der Waals surface area contributed by atoms with Crippen molar-refractivity contribution in [1.29, 1.82) is 0 Å². The van der Waals surface area contributed by atoms with Gasteiger partial charge in [0.2, 0.25) is 0 Å². The van der Waals surface area contributed by atoms with Crippen LogP contribution in [0.4, 0.5) is 0 Å². The molecule has 4 nitrogen and oxygen atoms in total. The maximum absolute atomic E-state index is 10.4. The zero-order chi connectivity index (χ0) is 10.8. The molecule has 1 atom stereocenters. The minimum Gasteiger partial charge on any atom is -0.481 e. The third kappa shape index (κ3) is 2.69. The van der Waals surface area contributed by atoms with Crippen molar-refractivity contribution in [2.24, 2.45) is 11.3 Å². The van der Waals surface area contributed by atoms with Crippen LogP contribution in [0.15, 0.2) is 0 Å². The third-order valence-electron chi connectivity index (χ3n) is 3.08. The van der Waals surface area contributed by atoms with E-state index in [1.807, 2.05) is 0 Å². The molecule has 0 unspecified atom stereocenters. The second-order valence-electron chi connectivity index (χ2n) is 4.75. The topological polar surface area (TPSA) is 60.8 Å². The van der Waals surface area contributed by atoms with Gasteiger partial charge in [0.05, 0.1) is 6.42 Å². The molecule has 0 saturated carbocycles. The fourth-order valence-corrected chi connectivity index (χ4v) is 2.06. The molecule has 0 aromatic heterocycles. The molecule has 0 spiro atoms. The molecule has 1 saturated heterocycles. The minimum atomic E-state index is -0.754. The van der Waals surface area contributed by atoms with Crippen LogP contribution in [0.3, 0.4) is 0 Å². The van der Waals surface area contributed by atoms with E-state index in [-0.39, 0.29) is 24.4 Å². The quantitative estimate of drug-likeness (QED) is 0.691. The number of hydrogen-bond acceptors (Lipinski definition) is 3. The van der Waals surface area contributed by atoms with Crippen LogP contribution in [-0.2, 0) is 4.79 Å². The van der Waals surface area contributed by atoms with Crippen LogP contribution >= 0.6 is 0 Å². The standard InChI is InChI=1S/C10H19NO3/c1-10(2)7-11(4-3-9(13)14)5-8(10)6-12/h8,12H,3-7H2,1-2H3,(H,13,14)/t8-/m1/s1. The van der Waals surface area contributed by atoms with Gasteiger partial charge in [-0.3, -0.25) is 4.79 Å². The molecular weight excluding hydrogens is 182 g/mol. The smallest absolute Gasteiger partial charge is 0.304 e. The Balaban J connectivity index is 2.42. The summed E-state index contributed by atoms with van der Waals surface area (Å²) in [6.07, 6.45) is 0.189. The molecule has 0 aromatic carbocycles. The Hall–Kier alpha value is -0.610. The first-order chi connectivity index (χ1) is 6.45. The van der Waals surface area contributed by atoms with Crippen molar-refractivity contribution in [1.82, 2.24) is 4.90 Å². The zero-order valence-corrected chi connectivity index (χ0v) is 8.86. The number of aliphatic hydroxyl groups excluding tert-OH is 1. The molecule has 1 aliphatic rings. The van der Waals surface area contributed by atoms with Crippen LogP contribution in [0.1, 0.15) is 20.3 Å². The fourth-order valence-electron chi connectivity index (χ4n) is 2.06. The van der Waals surface area contributed by atoms with Crippen LogP contribution in [0.25, 0.3) is 0 Å². The van der Waals surface area contributed by atoms with Gasteiger partial charge >= 0.3 is 5.97 Å². The average molecular weight is 201 g/mol. The number of hydrogen-bond donors (Lipinski definition) is 2. The highest BCUT2D eigenvalue weighted by Gasteiger charge is 2.38. The Morgan fingerprint density at radius 3 is 2.64 bits per heavy atom. The molecule has 0 bridgehead atoms. The van der Waals surface area contributed by atoms with Crippen molar-refractivity contribution < 1.29 is 15.0 Å². The maximum Gasteiger partial charge on any atom is 0.304 e. The summed E-state index contributed by atoms with van der Waals surface area (Å²) in [5, 5.41) is 17.7. The molecule has 82 valence electrons. The average Bonchev–Trinajstić information content (AvgIpc) is 2.37. The van der Waals surface area contributed by atoms with Gasteiger partial charge in [-0.2, -0.15) is 0 Å². The number of aliphatic carboxylic acids is 1. The van der Waals surface area contributed by atoms with E-state index in [1.54, 1.807) is 0 Å². The lowest BCUT2D eigenvalue weighted by Crippen LogP contribution is -2.26. The Kier molecular flexibility index (Phi) is 3.50. The number of aliphatic hydroxyl groups is 1. The summed E-state index contributed by atoms with van der Waals surface area (Å²) in [5.74, 6) is -0.480. The molecule has 1 fully saturated rings. The Bertz CT molecular complexity index is 215. The highest BCUT2D eigenvalue weighted by molar-refractivity contribution is 5.66. The number of carbonyl (C=O) groups is 1. The SMILES string of the molecule is CC1(C)CN(CCC(=O)O)C[C@@H]1CO. The summed E-state index contributed by atoms with van der Waals surface area (Å²) >= 11 is 0. The van der Waals surface area contributed by atoms with Crippen molar-refractivity contribution >= 4 is 5.97 Å². The number of nitrogens with zero attached hydrogens (tertiary/aromatic N) is 1. The zero-order valence-electron chi connectivity index (χ0n) is 8.86. The normalized spacial score (nSPS) is 26.6. The van der Waals surface area contributed by atoms with Crippen LogP contribution in [0, 0.1) is 11.3 Å². The molecule has 0 aliphatic carbocycles. The monoisotopic (exact) mass is 201 g/mol. The molecule has 14 heavy (non-hydrogen) atoms. The third-order valence-corrected chi connectivity index (χ3v) is 3.08. The highest BCUT2D eigenvalue weighted by Crippen LogP contribution is 2.34. The van der Waals surface area contributed by atoms with E-state index >= 15 is 0 Å². The van der Waals surface area contributed by atoms with Gasteiger partial charge in [-0.05, 0) is 5.41 Å². The lowest BCUT2D eigenvalue weighted by Gasteiger charge is -2.23. The molecule has 2 N–H and O–H groups in total. The van der Waals surface area contributed by atoms with Crippen LogP contribution in [-0.4, -0.2) is 47.3 Å². The van der Waals surface area contributed by atoms with Crippen molar-refractivity contribution in [3.8, 4) is 0 Å². The predicted molar refractivity (Wildman–Crippen MR) is 53.0 cm³/mol. The van der Waals surface area contributed by atoms with Gasteiger partial charge in [-0.15, -0.1) is 0 Å². The fraction of sp³-hybridized carbons (Fsp3) is 0.900.